The lowest BCUT2D eigenvalue weighted by Crippen LogP contribution is -2.42. The summed E-state index contributed by atoms with van der Waals surface area (Å²) in [5.41, 5.74) is 1.02. The molecule has 2 aliphatic rings. The molecule has 0 aromatic carbocycles. The molecule has 7 heteroatoms. The molecule has 0 spiro atoms. The first-order chi connectivity index (χ1) is 13.1. The molecule has 0 N–H and O–H groups in total. The van der Waals surface area contributed by atoms with E-state index in [9.17, 15) is 4.79 Å². The number of carbonyl (C=O) groups excluding carboxylic acids is 1. The van der Waals surface area contributed by atoms with Gasteiger partial charge in [-0.25, -0.2) is 4.98 Å². The van der Waals surface area contributed by atoms with Gasteiger partial charge in [0, 0.05) is 49.9 Å². The molecule has 0 aliphatic carbocycles. The highest BCUT2D eigenvalue weighted by molar-refractivity contribution is 7.20. The number of nitrogens with zero attached hydrogens (tertiary/aromatic N) is 3. The van der Waals surface area contributed by atoms with Gasteiger partial charge in [0.05, 0.1) is 25.9 Å². The summed E-state index contributed by atoms with van der Waals surface area (Å²) in [6.45, 7) is 10.5. The lowest BCUT2D eigenvalue weighted by Gasteiger charge is -2.34. The third-order valence-electron chi connectivity index (χ3n) is 5.09. The number of carbonyl (C=O) groups is 1. The molecule has 0 saturated carbocycles. The van der Waals surface area contributed by atoms with Gasteiger partial charge < -0.3 is 14.4 Å². The van der Waals surface area contributed by atoms with Crippen molar-refractivity contribution < 1.29 is 14.3 Å². The second kappa shape index (κ2) is 8.22. The number of aromatic nitrogens is 1. The molecule has 2 aliphatic heterocycles. The van der Waals surface area contributed by atoms with Crippen LogP contribution in [0.1, 0.15) is 35.2 Å². The normalized spacial score (nSPS) is 21.9. The molecule has 0 radical (unpaired) electrons. The smallest absolute Gasteiger partial charge is 0.264 e. The Morgan fingerprint density at radius 3 is 2.89 bits per heavy atom. The monoisotopic (exact) mass is 389 g/mol. The minimum atomic E-state index is -0.0876. The number of hydrogen-bond donors (Lipinski definition) is 0. The molecule has 2 aromatic heterocycles. The predicted molar refractivity (Wildman–Crippen MR) is 106 cm³/mol. The molecular weight excluding hydrogens is 362 g/mol. The van der Waals surface area contributed by atoms with E-state index in [2.05, 4.69) is 29.8 Å². The van der Waals surface area contributed by atoms with E-state index in [4.69, 9.17) is 9.47 Å². The number of hydrogen-bond acceptors (Lipinski definition) is 6. The zero-order valence-corrected chi connectivity index (χ0v) is 16.8. The summed E-state index contributed by atoms with van der Waals surface area (Å²) < 4.78 is 11.6. The van der Waals surface area contributed by atoms with Crippen LogP contribution in [0, 0.1) is 5.92 Å². The fourth-order valence-electron chi connectivity index (χ4n) is 3.90. The Balaban J connectivity index is 1.68. The molecule has 0 bridgehead atoms. The SMILES string of the molecule is CC(C)CN1CCO[C@H](c2c(C(=O)N3CCOCC3)sc3ncccc23)C1. The van der Waals surface area contributed by atoms with E-state index >= 15 is 0 Å². The quantitative estimate of drug-likeness (QED) is 0.805. The zero-order valence-electron chi connectivity index (χ0n) is 16.0. The summed E-state index contributed by atoms with van der Waals surface area (Å²) in [7, 11) is 0. The van der Waals surface area contributed by atoms with Crippen molar-refractivity contribution in [1.29, 1.82) is 0 Å². The van der Waals surface area contributed by atoms with Gasteiger partial charge in [0.1, 0.15) is 9.71 Å². The Morgan fingerprint density at radius 1 is 1.30 bits per heavy atom. The minimum absolute atomic E-state index is 0.0842. The standard InChI is InChI=1S/C20H27N3O3S/c1-14(2)12-22-6-11-26-16(13-22)17-15-4-3-5-21-19(15)27-18(17)20(24)23-7-9-25-10-8-23/h3-5,14,16H,6-13H2,1-2H3/t16-/m0/s1. The van der Waals surface area contributed by atoms with E-state index in [1.54, 1.807) is 6.20 Å². The summed E-state index contributed by atoms with van der Waals surface area (Å²) in [5.74, 6) is 0.694. The highest BCUT2D eigenvalue weighted by Gasteiger charge is 2.32. The van der Waals surface area contributed by atoms with E-state index in [1.165, 1.54) is 11.3 Å². The summed E-state index contributed by atoms with van der Waals surface area (Å²) in [5, 5.41) is 1.05. The van der Waals surface area contributed by atoms with Crippen LogP contribution in [0.5, 0.6) is 0 Å². The van der Waals surface area contributed by atoms with Crippen molar-refractivity contribution in [2.75, 3.05) is 52.5 Å². The molecule has 2 aromatic rings. The Hall–Kier alpha value is -1.54. The average molecular weight is 390 g/mol. The lowest BCUT2D eigenvalue weighted by molar-refractivity contribution is -0.0328. The molecule has 27 heavy (non-hydrogen) atoms. The van der Waals surface area contributed by atoms with Crippen LogP contribution in [0.3, 0.4) is 0 Å². The topological polar surface area (TPSA) is 54.9 Å². The third-order valence-corrected chi connectivity index (χ3v) is 6.21. The number of pyridine rings is 1. The van der Waals surface area contributed by atoms with Crippen LogP contribution in [0.2, 0.25) is 0 Å². The summed E-state index contributed by atoms with van der Waals surface area (Å²) in [6.07, 6.45) is 1.70. The number of rotatable bonds is 4. The first-order valence-electron chi connectivity index (χ1n) is 9.72. The van der Waals surface area contributed by atoms with Crippen LogP contribution < -0.4 is 0 Å². The molecule has 2 fully saturated rings. The molecule has 6 nitrogen and oxygen atoms in total. The fraction of sp³-hybridized carbons (Fsp3) is 0.600. The fourth-order valence-corrected chi connectivity index (χ4v) is 5.06. The van der Waals surface area contributed by atoms with Gasteiger partial charge in [-0.1, -0.05) is 19.9 Å². The predicted octanol–water partition coefficient (Wildman–Crippen LogP) is 2.80. The van der Waals surface area contributed by atoms with Crippen LogP contribution in [0.15, 0.2) is 18.3 Å². The second-order valence-electron chi connectivity index (χ2n) is 7.62. The van der Waals surface area contributed by atoms with Crippen LogP contribution in [-0.2, 0) is 9.47 Å². The Bertz CT molecular complexity index is 801. The number of thiophene rings is 1. The van der Waals surface area contributed by atoms with Crippen LogP contribution >= 0.6 is 11.3 Å². The molecule has 2 saturated heterocycles. The van der Waals surface area contributed by atoms with Crippen LogP contribution in [0.25, 0.3) is 10.2 Å². The van der Waals surface area contributed by atoms with Gasteiger partial charge in [-0.05, 0) is 12.0 Å². The average Bonchev–Trinajstić information content (AvgIpc) is 3.07. The van der Waals surface area contributed by atoms with Crippen molar-refractivity contribution in [3.63, 3.8) is 0 Å². The molecule has 4 rings (SSSR count). The van der Waals surface area contributed by atoms with Crippen molar-refractivity contribution in [1.82, 2.24) is 14.8 Å². The zero-order chi connectivity index (χ0) is 18.8. The van der Waals surface area contributed by atoms with Gasteiger partial charge in [0.25, 0.3) is 5.91 Å². The van der Waals surface area contributed by atoms with E-state index in [-0.39, 0.29) is 12.0 Å². The molecule has 0 unspecified atom stereocenters. The maximum Gasteiger partial charge on any atom is 0.264 e. The number of morpholine rings is 2. The third kappa shape index (κ3) is 4.01. The maximum absolute atomic E-state index is 13.3. The summed E-state index contributed by atoms with van der Waals surface area (Å²) >= 11 is 1.49. The van der Waals surface area contributed by atoms with Gasteiger partial charge in [-0.3, -0.25) is 9.69 Å². The van der Waals surface area contributed by atoms with Gasteiger partial charge in [0.15, 0.2) is 0 Å². The Kier molecular flexibility index (Phi) is 5.73. The van der Waals surface area contributed by atoms with Crippen molar-refractivity contribution in [2.24, 2.45) is 5.92 Å². The molecular formula is C20H27N3O3S. The molecule has 1 atom stereocenters. The lowest BCUT2D eigenvalue weighted by atomic mass is 10.0. The van der Waals surface area contributed by atoms with E-state index in [0.717, 1.165) is 40.3 Å². The van der Waals surface area contributed by atoms with Crippen LogP contribution in [0.4, 0.5) is 0 Å². The first kappa shape index (κ1) is 18.8. The maximum atomic E-state index is 13.3. The highest BCUT2D eigenvalue weighted by Crippen LogP contribution is 2.38. The van der Waals surface area contributed by atoms with Gasteiger partial charge in [0.2, 0.25) is 0 Å². The Labute approximate surface area is 164 Å². The number of ether oxygens (including phenoxy) is 2. The summed E-state index contributed by atoms with van der Waals surface area (Å²) in [4.78, 5) is 23.8. The highest BCUT2D eigenvalue weighted by atomic mass is 32.1. The van der Waals surface area contributed by atoms with Crippen molar-refractivity contribution in [3.05, 3.63) is 28.8 Å². The molecule has 146 valence electrons. The van der Waals surface area contributed by atoms with Crippen LogP contribution in [-0.4, -0.2) is 73.2 Å². The van der Waals surface area contributed by atoms with Gasteiger partial charge in [-0.15, -0.1) is 11.3 Å². The Morgan fingerprint density at radius 2 is 2.11 bits per heavy atom. The van der Waals surface area contributed by atoms with Gasteiger partial charge >= 0.3 is 0 Å². The van der Waals surface area contributed by atoms with E-state index in [1.807, 2.05) is 11.0 Å². The first-order valence-corrected chi connectivity index (χ1v) is 10.5. The number of amides is 1. The molecule has 4 heterocycles. The second-order valence-corrected chi connectivity index (χ2v) is 8.62. The van der Waals surface area contributed by atoms with E-state index < -0.39 is 0 Å². The minimum Gasteiger partial charge on any atom is -0.378 e. The van der Waals surface area contributed by atoms with Crippen molar-refractivity contribution in [3.8, 4) is 0 Å². The largest absolute Gasteiger partial charge is 0.378 e. The van der Waals surface area contributed by atoms with Gasteiger partial charge in [-0.2, -0.15) is 0 Å². The molecule has 1 amide bonds. The number of fused-ring (bicyclic) bond motifs is 1. The van der Waals surface area contributed by atoms with Crippen molar-refractivity contribution in [2.45, 2.75) is 20.0 Å². The van der Waals surface area contributed by atoms with Crippen molar-refractivity contribution >= 4 is 27.5 Å². The van der Waals surface area contributed by atoms with E-state index in [0.29, 0.717) is 38.8 Å². The summed E-state index contributed by atoms with van der Waals surface area (Å²) in [6, 6.07) is 4.01.